The highest BCUT2D eigenvalue weighted by molar-refractivity contribution is 6.30. The van der Waals surface area contributed by atoms with Crippen LogP contribution in [-0.2, 0) is 4.79 Å². The van der Waals surface area contributed by atoms with E-state index < -0.39 is 0 Å². The normalized spacial score (nSPS) is 23.7. The zero-order valence-corrected chi connectivity index (χ0v) is 11.3. The fourth-order valence-electron chi connectivity index (χ4n) is 2.47. The Bertz CT molecular complexity index is 447. The van der Waals surface area contributed by atoms with Crippen LogP contribution in [0.4, 0.5) is 5.69 Å². The smallest absolute Gasteiger partial charge is 0.227 e. The van der Waals surface area contributed by atoms with E-state index in [0.29, 0.717) is 5.02 Å². The van der Waals surface area contributed by atoms with Crippen LogP contribution in [0.3, 0.4) is 0 Å². The van der Waals surface area contributed by atoms with Crippen LogP contribution in [0.2, 0.25) is 5.02 Å². The average molecular weight is 267 g/mol. The van der Waals surface area contributed by atoms with E-state index in [1.54, 1.807) is 6.07 Å². The zero-order chi connectivity index (χ0) is 13.1. The summed E-state index contributed by atoms with van der Waals surface area (Å²) in [6.07, 6.45) is 3.80. The van der Waals surface area contributed by atoms with Crippen LogP contribution in [0, 0.1) is 12.8 Å². The van der Waals surface area contributed by atoms with Crippen molar-refractivity contribution >= 4 is 23.2 Å². The molecule has 4 heteroatoms. The minimum Gasteiger partial charge on any atom is -0.328 e. The fourth-order valence-corrected chi connectivity index (χ4v) is 2.69. The van der Waals surface area contributed by atoms with Crippen LogP contribution in [-0.4, -0.2) is 11.9 Å². The molecule has 1 aromatic rings. The standard InChI is InChI=1S/C14H19ClN2O/c1-9-7-11(15)5-6-13(9)17-14(18)10-3-2-4-12(16)8-10/h5-7,10,12H,2-4,8,16H2,1H3,(H,17,18). The monoisotopic (exact) mass is 266 g/mol. The van der Waals surface area contributed by atoms with Gasteiger partial charge in [0.25, 0.3) is 0 Å². The Morgan fingerprint density at radius 2 is 2.22 bits per heavy atom. The summed E-state index contributed by atoms with van der Waals surface area (Å²) in [5, 5.41) is 3.66. The number of carbonyl (C=O) groups is 1. The number of benzene rings is 1. The summed E-state index contributed by atoms with van der Waals surface area (Å²) in [7, 11) is 0. The number of amides is 1. The molecule has 1 aliphatic carbocycles. The third kappa shape index (κ3) is 3.24. The summed E-state index contributed by atoms with van der Waals surface area (Å²) in [6.45, 7) is 1.94. The molecule has 0 heterocycles. The first kappa shape index (κ1) is 13.4. The number of rotatable bonds is 2. The van der Waals surface area contributed by atoms with Crippen molar-refractivity contribution in [1.29, 1.82) is 0 Å². The second kappa shape index (κ2) is 5.72. The maximum absolute atomic E-state index is 12.2. The van der Waals surface area contributed by atoms with Gasteiger partial charge in [-0.15, -0.1) is 0 Å². The van der Waals surface area contributed by atoms with Crippen LogP contribution in [0.1, 0.15) is 31.2 Å². The molecule has 0 saturated heterocycles. The lowest BCUT2D eigenvalue weighted by Gasteiger charge is -2.25. The quantitative estimate of drug-likeness (QED) is 0.864. The van der Waals surface area contributed by atoms with Gasteiger partial charge >= 0.3 is 0 Å². The van der Waals surface area contributed by atoms with Crippen LogP contribution >= 0.6 is 11.6 Å². The van der Waals surface area contributed by atoms with Gasteiger partial charge in [-0.3, -0.25) is 4.79 Å². The van der Waals surface area contributed by atoms with Crippen LogP contribution in [0.5, 0.6) is 0 Å². The predicted molar refractivity (Wildman–Crippen MR) is 74.8 cm³/mol. The third-order valence-electron chi connectivity index (χ3n) is 3.53. The molecule has 2 unspecified atom stereocenters. The van der Waals surface area contributed by atoms with Gasteiger partial charge in [-0.05, 0) is 49.9 Å². The van der Waals surface area contributed by atoms with Crippen molar-refractivity contribution in [2.75, 3.05) is 5.32 Å². The molecule has 1 fully saturated rings. The molecule has 18 heavy (non-hydrogen) atoms. The minimum atomic E-state index is 0.0452. The van der Waals surface area contributed by atoms with Gasteiger partial charge in [-0.2, -0.15) is 0 Å². The Morgan fingerprint density at radius 3 is 2.89 bits per heavy atom. The van der Waals surface area contributed by atoms with Crippen LogP contribution in [0.25, 0.3) is 0 Å². The lowest BCUT2D eigenvalue weighted by molar-refractivity contribution is -0.120. The topological polar surface area (TPSA) is 55.1 Å². The Hall–Kier alpha value is -1.06. The Morgan fingerprint density at radius 1 is 1.44 bits per heavy atom. The summed E-state index contributed by atoms with van der Waals surface area (Å²) in [4.78, 5) is 12.2. The molecule has 0 bridgehead atoms. The molecular formula is C14H19ClN2O. The summed E-state index contributed by atoms with van der Waals surface area (Å²) < 4.78 is 0. The summed E-state index contributed by atoms with van der Waals surface area (Å²) in [5.74, 6) is 0.124. The SMILES string of the molecule is Cc1cc(Cl)ccc1NC(=O)C1CCCC(N)C1. The molecule has 2 rings (SSSR count). The molecule has 1 saturated carbocycles. The molecule has 0 aliphatic heterocycles. The van der Waals surface area contributed by atoms with E-state index >= 15 is 0 Å². The maximum Gasteiger partial charge on any atom is 0.227 e. The number of hydrogen-bond acceptors (Lipinski definition) is 2. The van der Waals surface area contributed by atoms with Gasteiger partial charge in [0.05, 0.1) is 0 Å². The van der Waals surface area contributed by atoms with Crippen LogP contribution in [0.15, 0.2) is 18.2 Å². The Labute approximate surface area is 113 Å². The molecule has 3 nitrogen and oxygen atoms in total. The molecular weight excluding hydrogens is 248 g/mol. The van der Waals surface area contributed by atoms with E-state index in [4.69, 9.17) is 17.3 Å². The van der Waals surface area contributed by atoms with Gasteiger partial charge in [-0.1, -0.05) is 18.0 Å². The lowest BCUT2D eigenvalue weighted by atomic mass is 9.85. The number of hydrogen-bond donors (Lipinski definition) is 2. The lowest BCUT2D eigenvalue weighted by Crippen LogP contribution is -2.34. The number of nitrogens with two attached hydrogens (primary N) is 1. The molecule has 1 aromatic carbocycles. The molecule has 0 spiro atoms. The highest BCUT2D eigenvalue weighted by atomic mass is 35.5. The summed E-state index contributed by atoms with van der Waals surface area (Å²) in [5.41, 5.74) is 7.73. The summed E-state index contributed by atoms with van der Waals surface area (Å²) >= 11 is 5.89. The molecule has 98 valence electrons. The van der Waals surface area contributed by atoms with Gasteiger partial charge in [0.1, 0.15) is 0 Å². The third-order valence-corrected chi connectivity index (χ3v) is 3.77. The fraction of sp³-hybridized carbons (Fsp3) is 0.500. The largest absolute Gasteiger partial charge is 0.328 e. The molecule has 1 amide bonds. The van der Waals surface area contributed by atoms with Crippen molar-refractivity contribution in [2.45, 2.75) is 38.6 Å². The van der Waals surface area contributed by atoms with Crippen molar-refractivity contribution in [3.63, 3.8) is 0 Å². The van der Waals surface area contributed by atoms with Crippen molar-refractivity contribution in [3.05, 3.63) is 28.8 Å². The number of halogens is 1. The maximum atomic E-state index is 12.2. The first-order chi connectivity index (χ1) is 8.56. The molecule has 0 radical (unpaired) electrons. The molecule has 2 atom stereocenters. The number of aryl methyl sites for hydroxylation is 1. The number of nitrogens with one attached hydrogen (secondary N) is 1. The second-order valence-corrected chi connectivity index (χ2v) is 5.51. The van der Waals surface area contributed by atoms with E-state index in [1.807, 2.05) is 19.1 Å². The molecule has 1 aliphatic rings. The highest BCUT2D eigenvalue weighted by Gasteiger charge is 2.25. The van der Waals surface area contributed by atoms with Crippen molar-refractivity contribution in [2.24, 2.45) is 11.7 Å². The van der Waals surface area contributed by atoms with Gasteiger partial charge in [0.15, 0.2) is 0 Å². The van der Waals surface area contributed by atoms with Gasteiger partial charge < -0.3 is 11.1 Å². The minimum absolute atomic E-state index is 0.0452. The van der Waals surface area contributed by atoms with Crippen molar-refractivity contribution in [1.82, 2.24) is 0 Å². The molecule has 0 aromatic heterocycles. The number of anilines is 1. The van der Waals surface area contributed by atoms with E-state index in [-0.39, 0.29) is 17.9 Å². The van der Waals surface area contributed by atoms with Gasteiger partial charge in [0, 0.05) is 22.7 Å². The van der Waals surface area contributed by atoms with Crippen molar-refractivity contribution < 1.29 is 4.79 Å². The zero-order valence-electron chi connectivity index (χ0n) is 10.6. The van der Waals surface area contributed by atoms with E-state index in [0.717, 1.165) is 36.9 Å². The van der Waals surface area contributed by atoms with Crippen LogP contribution < -0.4 is 11.1 Å². The highest BCUT2D eigenvalue weighted by Crippen LogP contribution is 2.26. The van der Waals surface area contributed by atoms with E-state index in [9.17, 15) is 4.79 Å². The second-order valence-electron chi connectivity index (χ2n) is 5.07. The first-order valence-electron chi connectivity index (χ1n) is 6.39. The molecule has 3 N–H and O–H groups in total. The predicted octanol–water partition coefficient (Wildman–Crippen LogP) is 3.10. The van der Waals surface area contributed by atoms with Crippen molar-refractivity contribution in [3.8, 4) is 0 Å². The summed E-state index contributed by atoms with van der Waals surface area (Å²) in [6, 6.07) is 5.65. The average Bonchev–Trinajstić information content (AvgIpc) is 2.32. The Balaban J connectivity index is 2.02. The first-order valence-corrected chi connectivity index (χ1v) is 6.76. The van der Waals surface area contributed by atoms with Gasteiger partial charge in [-0.25, -0.2) is 0 Å². The van der Waals surface area contributed by atoms with E-state index in [1.165, 1.54) is 0 Å². The van der Waals surface area contributed by atoms with E-state index in [2.05, 4.69) is 5.32 Å². The Kier molecular flexibility index (Phi) is 4.25. The van der Waals surface area contributed by atoms with Gasteiger partial charge in [0.2, 0.25) is 5.91 Å². The number of carbonyl (C=O) groups excluding carboxylic acids is 1.